The molecule has 0 saturated heterocycles. The largest absolute Gasteiger partial charge is 0.485 e. The quantitative estimate of drug-likeness (QED) is 0.531. The highest BCUT2D eigenvalue weighted by molar-refractivity contribution is 7.93. The summed E-state index contributed by atoms with van der Waals surface area (Å²) in [5.41, 5.74) is 0.184. The van der Waals surface area contributed by atoms with Gasteiger partial charge in [0, 0.05) is 12.2 Å². The van der Waals surface area contributed by atoms with E-state index in [4.69, 9.17) is 9.84 Å². The highest BCUT2D eigenvalue weighted by Crippen LogP contribution is 2.42. The lowest BCUT2D eigenvalue weighted by Gasteiger charge is -2.36. The number of fused-ring (bicyclic) bond motifs is 1. The predicted molar refractivity (Wildman–Crippen MR) is 118 cm³/mol. The van der Waals surface area contributed by atoms with Gasteiger partial charge in [-0.2, -0.15) is 0 Å². The van der Waals surface area contributed by atoms with E-state index in [0.717, 1.165) is 28.6 Å². The molecular weight excluding hydrogens is 477 g/mol. The number of amides is 1. The van der Waals surface area contributed by atoms with Crippen LogP contribution in [0, 0.1) is 5.82 Å². The Morgan fingerprint density at radius 2 is 1.85 bits per heavy atom. The molecule has 0 spiro atoms. The second kappa shape index (κ2) is 8.15. The molecule has 1 unspecified atom stereocenters. The van der Waals surface area contributed by atoms with E-state index < -0.39 is 42.8 Å². The van der Waals surface area contributed by atoms with Crippen molar-refractivity contribution >= 4 is 37.5 Å². The monoisotopic (exact) mass is 499 g/mol. The molecule has 0 bridgehead atoms. The zero-order valence-corrected chi connectivity index (χ0v) is 19.1. The predicted octanol–water partition coefficient (Wildman–Crippen LogP) is 2.34. The molecule has 1 atom stereocenters. The Morgan fingerprint density at radius 3 is 2.45 bits per heavy atom. The average Bonchev–Trinajstić information content (AvgIpc) is 3.51. The summed E-state index contributed by atoms with van der Waals surface area (Å²) in [4.78, 5) is 10.8. The molecule has 1 saturated carbocycles. The van der Waals surface area contributed by atoms with Crippen LogP contribution in [0.5, 0.6) is 5.75 Å². The molecule has 0 radical (unpaired) electrons. The zero-order chi connectivity index (χ0) is 24.0. The van der Waals surface area contributed by atoms with Gasteiger partial charge in [0.25, 0.3) is 10.0 Å². The molecule has 1 fully saturated rings. The lowest BCUT2D eigenvalue weighted by Crippen LogP contribution is -2.49. The first-order chi connectivity index (χ1) is 15.4. The molecule has 2 aliphatic rings. The molecule has 13 heteroatoms. The summed E-state index contributed by atoms with van der Waals surface area (Å²) in [5.74, 6) is -0.477. The van der Waals surface area contributed by atoms with Crippen molar-refractivity contribution in [3.63, 3.8) is 0 Å². The molecule has 1 amide bonds. The lowest BCUT2D eigenvalue weighted by atomic mass is 10.2. The summed E-state index contributed by atoms with van der Waals surface area (Å²) in [6, 6.07) is 8.35. The Labute approximate surface area is 190 Å². The molecular formula is C20H22FN3O7S2. The van der Waals surface area contributed by atoms with E-state index in [1.807, 2.05) is 0 Å². The Morgan fingerprint density at radius 1 is 1.18 bits per heavy atom. The third kappa shape index (κ3) is 4.61. The van der Waals surface area contributed by atoms with Gasteiger partial charge in [0.05, 0.1) is 21.9 Å². The number of anilines is 2. The van der Waals surface area contributed by atoms with Gasteiger partial charge in [0.15, 0.2) is 0 Å². The maximum absolute atomic E-state index is 13.4. The molecule has 3 N–H and O–H groups in total. The van der Waals surface area contributed by atoms with Gasteiger partial charge in [-0.05, 0) is 62.2 Å². The number of halogens is 1. The van der Waals surface area contributed by atoms with Crippen molar-refractivity contribution in [3.05, 3.63) is 48.3 Å². The first-order valence-electron chi connectivity index (χ1n) is 9.99. The minimum absolute atomic E-state index is 0.0684. The Kier molecular flexibility index (Phi) is 5.75. The van der Waals surface area contributed by atoms with Crippen molar-refractivity contribution < 1.29 is 35.9 Å². The van der Waals surface area contributed by atoms with Crippen LogP contribution >= 0.6 is 0 Å². The summed E-state index contributed by atoms with van der Waals surface area (Å²) in [7, 11) is -7.81. The fourth-order valence-electron chi connectivity index (χ4n) is 3.40. The van der Waals surface area contributed by atoms with Crippen LogP contribution in [0.25, 0.3) is 0 Å². The van der Waals surface area contributed by atoms with Crippen LogP contribution in [-0.4, -0.2) is 52.0 Å². The van der Waals surface area contributed by atoms with Crippen LogP contribution in [0.15, 0.2) is 47.4 Å². The first kappa shape index (κ1) is 23.3. The average molecular weight is 500 g/mol. The minimum atomic E-state index is -4.21. The van der Waals surface area contributed by atoms with E-state index in [9.17, 15) is 26.0 Å². The third-order valence-electron chi connectivity index (χ3n) is 5.65. The van der Waals surface area contributed by atoms with Crippen molar-refractivity contribution in [2.75, 3.05) is 22.7 Å². The number of nitrogens with one attached hydrogen (secondary N) is 2. The molecule has 33 heavy (non-hydrogen) atoms. The number of carboxylic acid groups (broad SMARTS) is 1. The summed E-state index contributed by atoms with van der Waals surface area (Å²) < 4.78 is 73.6. The maximum atomic E-state index is 13.4. The van der Waals surface area contributed by atoms with Gasteiger partial charge in [0.1, 0.15) is 17.7 Å². The van der Waals surface area contributed by atoms with Gasteiger partial charge in [-0.15, -0.1) is 0 Å². The van der Waals surface area contributed by atoms with E-state index in [2.05, 4.69) is 10.0 Å². The van der Waals surface area contributed by atoms with Crippen molar-refractivity contribution in [3.8, 4) is 5.75 Å². The van der Waals surface area contributed by atoms with Gasteiger partial charge >= 0.3 is 6.09 Å². The van der Waals surface area contributed by atoms with Gasteiger partial charge in [0.2, 0.25) is 10.0 Å². The molecule has 0 aromatic heterocycles. The van der Waals surface area contributed by atoms with Gasteiger partial charge < -0.3 is 9.84 Å². The van der Waals surface area contributed by atoms with Crippen LogP contribution in [0.2, 0.25) is 0 Å². The van der Waals surface area contributed by atoms with E-state index in [1.54, 1.807) is 6.92 Å². The van der Waals surface area contributed by atoms with E-state index in [0.29, 0.717) is 12.8 Å². The SMILES string of the molecule is CC1(S(=O)(=O)NCC2CN(S(=O)(=O)c3ccc(F)cc3)c3cc(NC(=O)O)ccc3O2)CC1. The normalized spacial score (nSPS) is 19.3. The fourth-order valence-corrected chi connectivity index (χ4v) is 6.29. The molecule has 2 aromatic rings. The van der Waals surface area contributed by atoms with E-state index in [1.165, 1.54) is 18.2 Å². The topological polar surface area (TPSA) is 142 Å². The Bertz CT molecular complexity index is 1290. The summed E-state index contributed by atoms with van der Waals surface area (Å²) >= 11 is 0. The summed E-state index contributed by atoms with van der Waals surface area (Å²) in [6.45, 7) is 1.22. The van der Waals surface area contributed by atoms with Crippen molar-refractivity contribution in [1.82, 2.24) is 4.72 Å². The van der Waals surface area contributed by atoms with Crippen molar-refractivity contribution in [2.45, 2.75) is 35.5 Å². The highest BCUT2D eigenvalue weighted by atomic mass is 32.2. The number of hydrogen-bond donors (Lipinski definition) is 3. The third-order valence-corrected chi connectivity index (χ3v) is 9.69. The molecule has 1 aliphatic heterocycles. The molecule has 10 nitrogen and oxygen atoms in total. The van der Waals surface area contributed by atoms with Crippen LogP contribution in [0.1, 0.15) is 19.8 Å². The number of sulfonamides is 2. The smallest absolute Gasteiger partial charge is 0.409 e. The second-order valence-electron chi connectivity index (χ2n) is 8.14. The second-order valence-corrected chi connectivity index (χ2v) is 12.3. The first-order valence-corrected chi connectivity index (χ1v) is 12.9. The van der Waals surface area contributed by atoms with Gasteiger partial charge in [-0.25, -0.2) is 30.7 Å². The Hall–Kier alpha value is -2.90. The highest BCUT2D eigenvalue weighted by Gasteiger charge is 2.50. The number of carbonyl (C=O) groups is 1. The van der Waals surface area contributed by atoms with Crippen molar-refractivity contribution in [1.29, 1.82) is 0 Å². The van der Waals surface area contributed by atoms with Crippen molar-refractivity contribution in [2.24, 2.45) is 0 Å². The zero-order valence-electron chi connectivity index (χ0n) is 17.5. The van der Waals surface area contributed by atoms with Crippen LogP contribution in [0.3, 0.4) is 0 Å². The van der Waals surface area contributed by atoms with E-state index in [-0.39, 0.29) is 35.1 Å². The summed E-state index contributed by atoms with van der Waals surface area (Å²) in [5, 5.41) is 11.1. The maximum Gasteiger partial charge on any atom is 0.409 e. The number of ether oxygens (including phenoxy) is 1. The van der Waals surface area contributed by atoms with E-state index >= 15 is 0 Å². The number of benzene rings is 2. The lowest BCUT2D eigenvalue weighted by molar-refractivity contribution is 0.203. The molecule has 4 rings (SSSR count). The van der Waals surface area contributed by atoms with Crippen LogP contribution < -0.4 is 19.1 Å². The fraction of sp³-hybridized carbons (Fsp3) is 0.350. The van der Waals surface area contributed by atoms with Gasteiger partial charge in [-0.3, -0.25) is 9.62 Å². The number of rotatable bonds is 7. The minimum Gasteiger partial charge on any atom is -0.485 e. The van der Waals surface area contributed by atoms with Gasteiger partial charge in [-0.1, -0.05) is 0 Å². The molecule has 178 valence electrons. The standard InChI is InChI=1S/C20H22FN3O7S2/c1-20(8-9-20)33(29,30)22-11-15-12-24(32(27,28)16-5-2-13(21)3-6-16)17-10-14(23-19(25)26)4-7-18(17)31-15/h2-7,10,15,22-23H,8-9,11-12H2,1H3,(H,25,26). The number of hydrogen-bond acceptors (Lipinski definition) is 6. The molecule has 2 aromatic carbocycles. The summed E-state index contributed by atoms with van der Waals surface area (Å²) in [6.07, 6.45) is -1.11. The van der Waals surface area contributed by atoms with Crippen LogP contribution in [0.4, 0.5) is 20.6 Å². The number of nitrogens with zero attached hydrogens (tertiary/aromatic N) is 1. The molecule has 1 aliphatic carbocycles. The molecule has 1 heterocycles. The Balaban J connectivity index is 1.68. The van der Waals surface area contributed by atoms with Crippen LogP contribution in [-0.2, 0) is 20.0 Å².